The number of para-hydroxylation sites is 1. The third-order valence-corrected chi connectivity index (χ3v) is 5.51. The smallest absolute Gasteiger partial charge is 0.419 e. The Morgan fingerprint density at radius 3 is 2.38 bits per heavy atom. The topological polar surface area (TPSA) is 64.0 Å². The van der Waals surface area contributed by atoms with Crippen LogP contribution in [0.2, 0.25) is 0 Å². The van der Waals surface area contributed by atoms with Gasteiger partial charge in [0.25, 0.3) is 0 Å². The SMILES string of the molecule is Cc1nnc(-c2ccc(N3CCC(Oc4ccccc4C(F)(F)F)CC3)nn2)s1. The summed E-state index contributed by atoms with van der Waals surface area (Å²) in [6, 6.07) is 9.05. The van der Waals surface area contributed by atoms with E-state index in [1.807, 2.05) is 19.1 Å². The summed E-state index contributed by atoms with van der Waals surface area (Å²) < 4.78 is 45.1. The van der Waals surface area contributed by atoms with Crippen LogP contribution in [0, 0.1) is 6.92 Å². The first kappa shape index (κ1) is 19.6. The second-order valence-corrected chi connectivity index (χ2v) is 7.88. The lowest BCUT2D eigenvalue weighted by Gasteiger charge is -2.33. The van der Waals surface area contributed by atoms with Crippen LogP contribution in [0.1, 0.15) is 23.4 Å². The minimum absolute atomic E-state index is 0.116. The molecule has 152 valence electrons. The predicted molar refractivity (Wildman–Crippen MR) is 103 cm³/mol. The van der Waals surface area contributed by atoms with Crippen molar-refractivity contribution in [2.75, 3.05) is 18.0 Å². The monoisotopic (exact) mass is 421 g/mol. The summed E-state index contributed by atoms with van der Waals surface area (Å²) in [6.07, 6.45) is -3.50. The van der Waals surface area contributed by atoms with Gasteiger partial charge in [0.1, 0.15) is 22.6 Å². The van der Waals surface area contributed by atoms with Crippen molar-refractivity contribution in [1.29, 1.82) is 0 Å². The molecule has 29 heavy (non-hydrogen) atoms. The van der Waals surface area contributed by atoms with Crippen LogP contribution in [0.4, 0.5) is 19.0 Å². The van der Waals surface area contributed by atoms with Gasteiger partial charge in [0.15, 0.2) is 10.8 Å². The Kier molecular flexibility index (Phi) is 5.35. The average molecular weight is 421 g/mol. The Labute approximate surface area is 169 Å². The first-order valence-corrected chi connectivity index (χ1v) is 9.94. The number of aromatic nitrogens is 4. The third-order valence-electron chi connectivity index (χ3n) is 4.65. The molecule has 10 heteroatoms. The number of rotatable bonds is 4. The number of hydrogen-bond donors (Lipinski definition) is 0. The summed E-state index contributed by atoms with van der Waals surface area (Å²) in [6.45, 7) is 3.14. The van der Waals surface area contributed by atoms with Crippen molar-refractivity contribution >= 4 is 17.2 Å². The van der Waals surface area contributed by atoms with E-state index in [1.54, 1.807) is 6.07 Å². The highest BCUT2D eigenvalue weighted by atomic mass is 32.1. The Morgan fingerprint density at radius 2 is 1.76 bits per heavy atom. The van der Waals surface area contributed by atoms with Gasteiger partial charge in [-0.15, -0.1) is 20.4 Å². The highest BCUT2D eigenvalue weighted by molar-refractivity contribution is 7.14. The fourth-order valence-corrected chi connectivity index (χ4v) is 3.85. The van der Waals surface area contributed by atoms with Crippen LogP contribution in [0.3, 0.4) is 0 Å². The fourth-order valence-electron chi connectivity index (χ4n) is 3.19. The summed E-state index contributed by atoms with van der Waals surface area (Å²) in [7, 11) is 0. The van der Waals surface area contributed by atoms with E-state index in [0.717, 1.165) is 21.9 Å². The first-order valence-electron chi connectivity index (χ1n) is 9.12. The van der Waals surface area contributed by atoms with Crippen molar-refractivity contribution in [2.45, 2.75) is 32.0 Å². The summed E-state index contributed by atoms with van der Waals surface area (Å²) in [4.78, 5) is 2.05. The minimum atomic E-state index is -4.43. The molecule has 1 aliphatic heterocycles. The summed E-state index contributed by atoms with van der Waals surface area (Å²) >= 11 is 1.45. The molecule has 0 N–H and O–H groups in total. The van der Waals surface area contributed by atoms with E-state index in [4.69, 9.17) is 4.74 Å². The molecular weight excluding hydrogens is 403 g/mol. The predicted octanol–water partition coefficient (Wildman–Crippen LogP) is 4.37. The Bertz CT molecular complexity index is 968. The molecule has 1 aliphatic rings. The number of hydrogen-bond acceptors (Lipinski definition) is 7. The maximum atomic E-state index is 13.1. The standard InChI is InChI=1S/C19H18F3N5OS/c1-12-23-26-18(29-12)15-6-7-17(25-24-15)27-10-8-13(9-11-27)28-16-5-3-2-4-14(16)19(20,21)22/h2-7,13H,8-11H2,1H3. The second-order valence-electron chi connectivity index (χ2n) is 6.70. The van der Waals surface area contributed by atoms with Crippen molar-refractivity contribution in [1.82, 2.24) is 20.4 Å². The number of ether oxygens (including phenoxy) is 1. The minimum Gasteiger partial charge on any atom is -0.490 e. The largest absolute Gasteiger partial charge is 0.490 e. The molecule has 0 amide bonds. The van der Waals surface area contributed by atoms with Gasteiger partial charge in [-0.05, 0) is 31.2 Å². The highest BCUT2D eigenvalue weighted by Gasteiger charge is 2.35. The van der Waals surface area contributed by atoms with Crippen LogP contribution in [-0.2, 0) is 6.18 Å². The number of benzene rings is 1. The zero-order valence-corrected chi connectivity index (χ0v) is 16.4. The van der Waals surface area contributed by atoms with Gasteiger partial charge in [0, 0.05) is 25.9 Å². The Hall–Kier alpha value is -2.75. The summed E-state index contributed by atoms with van der Waals surface area (Å²) in [5.74, 6) is 0.610. The maximum Gasteiger partial charge on any atom is 0.419 e. The van der Waals surface area contributed by atoms with Crippen LogP contribution in [0.5, 0.6) is 5.75 Å². The van der Waals surface area contributed by atoms with E-state index in [9.17, 15) is 13.2 Å². The molecular formula is C19H18F3N5OS. The van der Waals surface area contributed by atoms with Gasteiger partial charge in [0.05, 0.1) is 5.56 Å². The van der Waals surface area contributed by atoms with Crippen LogP contribution < -0.4 is 9.64 Å². The van der Waals surface area contributed by atoms with Gasteiger partial charge >= 0.3 is 6.18 Å². The molecule has 0 saturated carbocycles. The molecule has 0 aliphatic carbocycles. The number of nitrogens with zero attached hydrogens (tertiary/aromatic N) is 5. The van der Waals surface area contributed by atoms with E-state index >= 15 is 0 Å². The number of halogens is 3. The number of alkyl halides is 3. The zero-order valence-electron chi connectivity index (χ0n) is 15.6. The van der Waals surface area contributed by atoms with Crippen molar-refractivity contribution < 1.29 is 17.9 Å². The normalized spacial score (nSPS) is 15.5. The molecule has 0 radical (unpaired) electrons. The van der Waals surface area contributed by atoms with E-state index in [1.165, 1.54) is 23.5 Å². The maximum absolute atomic E-state index is 13.1. The lowest BCUT2D eigenvalue weighted by atomic mass is 10.1. The summed E-state index contributed by atoms with van der Waals surface area (Å²) in [5, 5.41) is 18.1. The van der Waals surface area contributed by atoms with Gasteiger partial charge in [-0.25, -0.2) is 0 Å². The molecule has 3 aromatic rings. The van der Waals surface area contributed by atoms with Gasteiger partial charge in [-0.3, -0.25) is 0 Å². The van der Waals surface area contributed by atoms with E-state index < -0.39 is 11.7 Å². The quantitative estimate of drug-likeness (QED) is 0.623. The van der Waals surface area contributed by atoms with Gasteiger partial charge in [-0.2, -0.15) is 13.2 Å². The first-order chi connectivity index (χ1) is 13.9. The van der Waals surface area contributed by atoms with Crippen molar-refractivity contribution in [3.05, 3.63) is 47.0 Å². The molecule has 1 fully saturated rings. The van der Waals surface area contributed by atoms with Crippen molar-refractivity contribution in [2.24, 2.45) is 0 Å². The van der Waals surface area contributed by atoms with E-state index in [-0.39, 0.29) is 11.9 Å². The van der Waals surface area contributed by atoms with Crippen LogP contribution in [0.25, 0.3) is 10.7 Å². The van der Waals surface area contributed by atoms with Crippen molar-refractivity contribution in [3.63, 3.8) is 0 Å². The molecule has 0 spiro atoms. The van der Waals surface area contributed by atoms with Gasteiger partial charge in [0.2, 0.25) is 0 Å². The lowest BCUT2D eigenvalue weighted by molar-refractivity contribution is -0.139. The van der Waals surface area contributed by atoms with Gasteiger partial charge < -0.3 is 9.64 Å². The molecule has 4 rings (SSSR count). The van der Waals surface area contributed by atoms with Crippen molar-refractivity contribution in [3.8, 4) is 16.5 Å². The Morgan fingerprint density at radius 1 is 1.00 bits per heavy atom. The zero-order chi connectivity index (χ0) is 20.4. The van der Waals surface area contributed by atoms with E-state index in [2.05, 4.69) is 25.3 Å². The van der Waals surface area contributed by atoms with Gasteiger partial charge in [-0.1, -0.05) is 23.5 Å². The van der Waals surface area contributed by atoms with E-state index in [0.29, 0.717) is 31.6 Å². The average Bonchev–Trinajstić information content (AvgIpc) is 3.15. The molecule has 2 aromatic heterocycles. The molecule has 0 bridgehead atoms. The second kappa shape index (κ2) is 7.94. The molecule has 0 unspecified atom stereocenters. The molecule has 0 atom stereocenters. The number of piperidine rings is 1. The number of aryl methyl sites for hydroxylation is 1. The molecule has 6 nitrogen and oxygen atoms in total. The molecule has 3 heterocycles. The Balaban J connectivity index is 1.38. The fraction of sp³-hybridized carbons (Fsp3) is 0.368. The molecule has 1 aromatic carbocycles. The number of anilines is 1. The third kappa shape index (κ3) is 4.47. The van der Waals surface area contributed by atoms with Crippen LogP contribution >= 0.6 is 11.3 Å². The van der Waals surface area contributed by atoms with Crippen LogP contribution in [-0.4, -0.2) is 39.6 Å². The lowest BCUT2D eigenvalue weighted by Crippen LogP contribution is -2.39. The van der Waals surface area contributed by atoms with Crippen LogP contribution in [0.15, 0.2) is 36.4 Å². The molecule has 1 saturated heterocycles. The highest BCUT2D eigenvalue weighted by Crippen LogP contribution is 2.37. The summed E-state index contributed by atoms with van der Waals surface area (Å²) in [5.41, 5.74) is -0.0721.